The second-order valence-corrected chi connectivity index (χ2v) is 7.79. The molecule has 1 N–H and O–H groups in total. The molecule has 1 aliphatic heterocycles. The largest absolute Gasteiger partial charge is 0.421 e. The molecule has 0 fully saturated rings. The van der Waals surface area contributed by atoms with Gasteiger partial charge in [-0.05, 0) is 23.1 Å². The smallest absolute Gasteiger partial charge is 0.408 e. The van der Waals surface area contributed by atoms with Gasteiger partial charge in [-0.3, -0.25) is 0 Å². The molecule has 0 aromatic heterocycles. The summed E-state index contributed by atoms with van der Waals surface area (Å²) in [5, 5.41) is 0.371. The fourth-order valence-electron chi connectivity index (χ4n) is 2.42. The third-order valence-electron chi connectivity index (χ3n) is 3.57. The van der Waals surface area contributed by atoms with Crippen molar-refractivity contribution in [1.29, 1.82) is 0 Å². The molecule has 1 unspecified atom stereocenters. The van der Waals surface area contributed by atoms with Gasteiger partial charge in [-0.2, -0.15) is 0 Å². The van der Waals surface area contributed by atoms with Crippen LogP contribution < -0.4 is 9.83 Å². The van der Waals surface area contributed by atoms with E-state index < -0.39 is 7.60 Å². The number of benzene rings is 2. The molecule has 3 nitrogen and oxygen atoms in total. The Morgan fingerprint density at radius 2 is 1.75 bits per heavy atom. The fraction of sp³-hybridized carbons (Fsp3) is 0.250. The first-order valence-electron chi connectivity index (χ1n) is 6.56. The molecule has 0 radical (unpaired) electrons. The summed E-state index contributed by atoms with van der Waals surface area (Å²) >= 11 is 0. The number of fused-ring (bicyclic) bond motifs is 3. The van der Waals surface area contributed by atoms with Crippen LogP contribution in [0, 0.1) is 0 Å². The molecule has 0 spiro atoms. The van der Waals surface area contributed by atoms with Gasteiger partial charge in [-0.15, -0.1) is 0 Å². The van der Waals surface area contributed by atoms with Crippen LogP contribution in [0.15, 0.2) is 42.5 Å². The van der Waals surface area contributed by atoms with E-state index in [0.29, 0.717) is 11.1 Å². The molecule has 0 saturated carbocycles. The van der Waals surface area contributed by atoms with Crippen molar-refractivity contribution < 1.29 is 14.0 Å². The minimum Gasteiger partial charge on any atom is -0.421 e. The molecule has 0 aliphatic carbocycles. The van der Waals surface area contributed by atoms with Gasteiger partial charge in [-0.25, -0.2) is 4.57 Å². The van der Waals surface area contributed by atoms with Gasteiger partial charge in [0.25, 0.3) is 0 Å². The van der Waals surface area contributed by atoms with Crippen molar-refractivity contribution in [3.63, 3.8) is 0 Å². The summed E-state index contributed by atoms with van der Waals surface area (Å²) in [5.74, 6) is 0.488. The maximum atomic E-state index is 12.3. The highest BCUT2D eigenvalue weighted by molar-refractivity contribution is 7.62. The summed E-state index contributed by atoms with van der Waals surface area (Å²) < 4.78 is 17.7. The predicted octanol–water partition coefficient (Wildman–Crippen LogP) is 3.85. The summed E-state index contributed by atoms with van der Waals surface area (Å²) in [4.78, 5) is 10.1. The Bertz CT molecular complexity index is 729. The SMILES string of the molecule is CC(C)(C)c1ccc2c(c1)OP(=O)(O)c1ccccc1-2. The van der Waals surface area contributed by atoms with Crippen LogP contribution >= 0.6 is 7.60 Å². The van der Waals surface area contributed by atoms with E-state index in [2.05, 4.69) is 20.8 Å². The van der Waals surface area contributed by atoms with Crippen LogP contribution in [-0.2, 0) is 9.98 Å². The first-order valence-corrected chi connectivity index (χ1v) is 8.14. The maximum absolute atomic E-state index is 12.3. The summed E-state index contributed by atoms with van der Waals surface area (Å²) in [6.45, 7) is 6.30. The predicted molar refractivity (Wildman–Crippen MR) is 80.7 cm³/mol. The Balaban J connectivity index is 2.25. The lowest BCUT2D eigenvalue weighted by Gasteiger charge is -2.27. The molecule has 3 rings (SSSR count). The van der Waals surface area contributed by atoms with E-state index in [4.69, 9.17) is 4.52 Å². The lowest BCUT2D eigenvalue weighted by atomic mass is 9.86. The van der Waals surface area contributed by atoms with Crippen LogP contribution in [0.1, 0.15) is 26.3 Å². The van der Waals surface area contributed by atoms with Crippen molar-refractivity contribution >= 4 is 12.9 Å². The number of hydrogen-bond acceptors (Lipinski definition) is 2. The summed E-state index contributed by atoms with van der Waals surface area (Å²) in [6.07, 6.45) is 0. The van der Waals surface area contributed by atoms with Crippen LogP contribution in [0.25, 0.3) is 11.1 Å². The molecule has 0 amide bonds. The molecule has 2 aromatic rings. The van der Waals surface area contributed by atoms with Crippen LogP contribution in [0.2, 0.25) is 0 Å². The Labute approximate surface area is 118 Å². The van der Waals surface area contributed by atoms with Gasteiger partial charge >= 0.3 is 7.60 Å². The monoisotopic (exact) mass is 288 g/mol. The zero-order valence-electron chi connectivity index (χ0n) is 11.8. The van der Waals surface area contributed by atoms with E-state index in [9.17, 15) is 9.46 Å². The number of hydrogen-bond donors (Lipinski definition) is 1. The van der Waals surface area contributed by atoms with E-state index >= 15 is 0 Å². The third-order valence-corrected chi connectivity index (χ3v) is 5.01. The molecule has 1 aliphatic rings. The van der Waals surface area contributed by atoms with Gasteiger partial charge in [-0.1, -0.05) is 51.1 Å². The van der Waals surface area contributed by atoms with Crippen molar-refractivity contribution in [2.45, 2.75) is 26.2 Å². The van der Waals surface area contributed by atoms with Crippen molar-refractivity contribution in [3.05, 3.63) is 48.0 Å². The Hall–Kier alpha value is -1.57. The maximum Gasteiger partial charge on any atom is 0.408 e. The number of rotatable bonds is 0. The molecule has 2 aromatic carbocycles. The first-order chi connectivity index (χ1) is 9.29. The Kier molecular flexibility index (Phi) is 2.82. The highest BCUT2D eigenvalue weighted by Crippen LogP contribution is 2.52. The molecular formula is C16H17O3P. The van der Waals surface area contributed by atoms with E-state index in [0.717, 1.165) is 16.7 Å². The quantitative estimate of drug-likeness (QED) is 0.749. The summed E-state index contributed by atoms with van der Waals surface area (Å²) in [6, 6.07) is 13.0. The Morgan fingerprint density at radius 3 is 2.45 bits per heavy atom. The molecule has 4 heteroatoms. The van der Waals surface area contributed by atoms with E-state index in [1.165, 1.54) is 0 Å². The van der Waals surface area contributed by atoms with Crippen LogP contribution in [0.5, 0.6) is 5.75 Å². The van der Waals surface area contributed by atoms with Crippen molar-refractivity contribution in [1.82, 2.24) is 0 Å². The van der Waals surface area contributed by atoms with E-state index in [-0.39, 0.29) is 5.41 Å². The van der Waals surface area contributed by atoms with E-state index in [1.807, 2.05) is 30.3 Å². The average Bonchev–Trinajstić information content (AvgIpc) is 2.37. The average molecular weight is 288 g/mol. The highest BCUT2D eigenvalue weighted by atomic mass is 31.2. The third kappa shape index (κ3) is 2.07. The van der Waals surface area contributed by atoms with Crippen LogP contribution in [0.3, 0.4) is 0 Å². The standard InChI is InChI=1S/C16H17O3P/c1-16(2,3)11-8-9-12-13-6-4-5-7-15(13)20(17,18)19-14(12)10-11/h4-10H,1-3H3,(H,17,18). The second kappa shape index (κ2) is 4.21. The molecule has 1 heterocycles. The highest BCUT2D eigenvalue weighted by Gasteiger charge is 2.34. The van der Waals surface area contributed by atoms with Crippen molar-refractivity contribution in [3.8, 4) is 16.9 Å². The van der Waals surface area contributed by atoms with Gasteiger partial charge in [0, 0.05) is 11.1 Å². The van der Waals surface area contributed by atoms with Crippen LogP contribution in [-0.4, -0.2) is 4.89 Å². The van der Waals surface area contributed by atoms with Gasteiger partial charge in [0.05, 0.1) is 5.30 Å². The van der Waals surface area contributed by atoms with Crippen molar-refractivity contribution in [2.24, 2.45) is 0 Å². The minimum absolute atomic E-state index is 0.0329. The lowest BCUT2D eigenvalue weighted by Crippen LogP contribution is -2.18. The lowest BCUT2D eigenvalue weighted by molar-refractivity contribution is 0.391. The van der Waals surface area contributed by atoms with Gasteiger partial charge in [0.15, 0.2) is 0 Å². The molecule has 104 valence electrons. The molecule has 0 saturated heterocycles. The molecule has 20 heavy (non-hydrogen) atoms. The molecule has 1 atom stereocenters. The summed E-state index contributed by atoms with van der Waals surface area (Å²) in [5.41, 5.74) is 2.69. The summed E-state index contributed by atoms with van der Waals surface area (Å²) in [7, 11) is -3.78. The zero-order valence-corrected chi connectivity index (χ0v) is 12.6. The molecular weight excluding hydrogens is 271 g/mol. The van der Waals surface area contributed by atoms with E-state index in [1.54, 1.807) is 12.1 Å². The fourth-order valence-corrected chi connectivity index (χ4v) is 3.71. The zero-order chi connectivity index (χ0) is 14.5. The van der Waals surface area contributed by atoms with Gasteiger partial charge in [0.1, 0.15) is 5.75 Å². The molecule has 0 bridgehead atoms. The topological polar surface area (TPSA) is 46.5 Å². The normalized spacial score (nSPS) is 20.8. The minimum atomic E-state index is -3.78. The Morgan fingerprint density at radius 1 is 1.05 bits per heavy atom. The van der Waals surface area contributed by atoms with Gasteiger partial charge in [0.2, 0.25) is 0 Å². The van der Waals surface area contributed by atoms with Gasteiger partial charge < -0.3 is 9.42 Å². The van der Waals surface area contributed by atoms with Crippen LogP contribution in [0.4, 0.5) is 0 Å². The first kappa shape index (κ1) is 13.4. The second-order valence-electron chi connectivity index (χ2n) is 6.09. The van der Waals surface area contributed by atoms with Crippen molar-refractivity contribution in [2.75, 3.05) is 0 Å².